The van der Waals surface area contributed by atoms with Gasteiger partial charge in [-0.3, -0.25) is 9.69 Å². The van der Waals surface area contributed by atoms with Crippen LogP contribution in [0.4, 0.5) is 5.13 Å². The minimum atomic E-state index is -0.0355. The summed E-state index contributed by atoms with van der Waals surface area (Å²) in [6.07, 6.45) is 3.74. The number of nitrogens with zero attached hydrogens (tertiary/aromatic N) is 3. The summed E-state index contributed by atoms with van der Waals surface area (Å²) in [5.41, 5.74) is 11.8. The predicted molar refractivity (Wildman–Crippen MR) is 92.3 cm³/mol. The number of hydrogen-bond acceptors (Lipinski definition) is 8. The second kappa shape index (κ2) is 8.19. The van der Waals surface area contributed by atoms with Crippen molar-refractivity contribution in [3.05, 3.63) is 5.01 Å². The number of nitrogen functional groups attached to an aromatic ring is 1. The summed E-state index contributed by atoms with van der Waals surface area (Å²) >= 11 is 1.30. The molecule has 2 saturated heterocycles. The maximum absolute atomic E-state index is 12.6. The number of carbonyl (C=O) groups is 1. The fourth-order valence-electron chi connectivity index (χ4n) is 3.46. The molecule has 3 heterocycles. The van der Waals surface area contributed by atoms with Gasteiger partial charge in [-0.2, -0.15) is 0 Å². The largest absolute Gasteiger partial charge is 0.381 e. The lowest BCUT2D eigenvalue weighted by Gasteiger charge is -2.35. The number of hydrogen-bond donors (Lipinski definition) is 3. The molecule has 3 rings (SSSR count). The molecule has 134 valence electrons. The lowest BCUT2D eigenvalue weighted by atomic mass is 10.0. The van der Waals surface area contributed by atoms with Crippen molar-refractivity contribution < 1.29 is 9.53 Å². The van der Waals surface area contributed by atoms with E-state index in [9.17, 15) is 4.79 Å². The van der Waals surface area contributed by atoms with E-state index in [0.29, 0.717) is 17.7 Å². The molecule has 0 spiro atoms. The zero-order valence-electron chi connectivity index (χ0n) is 13.8. The topological polar surface area (TPSA) is 119 Å². The molecule has 2 fully saturated rings. The van der Waals surface area contributed by atoms with Gasteiger partial charge in [-0.05, 0) is 25.7 Å². The zero-order valence-corrected chi connectivity index (χ0v) is 14.6. The summed E-state index contributed by atoms with van der Waals surface area (Å²) in [6.45, 7) is 3.61. The molecule has 2 aliphatic heterocycles. The fourth-order valence-corrected chi connectivity index (χ4v) is 4.01. The zero-order chi connectivity index (χ0) is 16.9. The third-order valence-corrected chi connectivity index (χ3v) is 5.54. The van der Waals surface area contributed by atoms with Crippen LogP contribution in [0.25, 0.3) is 0 Å². The van der Waals surface area contributed by atoms with Crippen molar-refractivity contribution in [2.24, 2.45) is 11.7 Å². The second-order valence-electron chi connectivity index (χ2n) is 6.58. The maximum atomic E-state index is 12.6. The van der Waals surface area contributed by atoms with Gasteiger partial charge in [0.15, 0.2) is 0 Å². The number of carbonyl (C=O) groups excluding carboxylic acids is 1. The van der Waals surface area contributed by atoms with Crippen LogP contribution in [0.5, 0.6) is 0 Å². The van der Waals surface area contributed by atoms with Crippen LogP contribution < -0.4 is 16.8 Å². The third kappa shape index (κ3) is 4.62. The molecule has 0 bridgehead atoms. The number of nitrogens with two attached hydrogens (primary N) is 2. The molecule has 2 atom stereocenters. The predicted octanol–water partition coefficient (Wildman–Crippen LogP) is -0.0452. The Morgan fingerprint density at radius 3 is 2.75 bits per heavy atom. The Balaban J connectivity index is 1.57. The molecule has 0 radical (unpaired) electrons. The van der Waals surface area contributed by atoms with Crippen molar-refractivity contribution in [3.63, 3.8) is 0 Å². The van der Waals surface area contributed by atoms with Crippen LogP contribution >= 0.6 is 11.3 Å². The lowest BCUT2D eigenvalue weighted by Crippen LogP contribution is -2.47. The van der Waals surface area contributed by atoms with E-state index < -0.39 is 0 Å². The van der Waals surface area contributed by atoms with E-state index in [1.54, 1.807) is 0 Å². The first-order chi connectivity index (χ1) is 11.6. The molecule has 1 amide bonds. The van der Waals surface area contributed by atoms with E-state index in [0.717, 1.165) is 57.0 Å². The number of likely N-dealkylation sites (tertiary alicyclic amines) is 1. The monoisotopic (exact) mass is 354 g/mol. The van der Waals surface area contributed by atoms with Gasteiger partial charge in [0, 0.05) is 38.4 Å². The molecule has 24 heavy (non-hydrogen) atoms. The summed E-state index contributed by atoms with van der Waals surface area (Å²) in [7, 11) is 0. The molecular formula is C15H26N6O2S. The van der Waals surface area contributed by atoms with E-state index in [1.807, 2.05) is 0 Å². The average Bonchev–Trinajstić information content (AvgIpc) is 2.90. The molecular weight excluding hydrogens is 328 g/mol. The van der Waals surface area contributed by atoms with Gasteiger partial charge >= 0.3 is 0 Å². The molecule has 2 aliphatic rings. The van der Waals surface area contributed by atoms with Crippen LogP contribution in [0.3, 0.4) is 0 Å². The Kier molecular flexibility index (Phi) is 5.99. The Bertz CT molecular complexity index is 548. The number of nitrogens with one attached hydrogen (secondary N) is 1. The normalized spacial score (nSPS) is 26.9. The van der Waals surface area contributed by atoms with Gasteiger partial charge in [0.1, 0.15) is 5.01 Å². The van der Waals surface area contributed by atoms with Crippen LogP contribution in [0.1, 0.15) is 30.7 Å². The van der Waals surface area contributed by atoms with Crippen molar-refractivity contribution in [2.75, 3.05) is 32.0 Å². The van der Waals surface area contributed by atoms with E-state index in [4.69, 9.17) is 16.2 Å². The summed E-state index contributed by atoms with van der Waals surface area (Å²) < 4.78 is 5.45. The number of anilines is 1. The summed E-state index contributed by atoms with van der Waals surface area (Å²) in [5.74, 6) is 0.0293. The van der Waals surface area contributed by atoms with Crippen LogP contribution in [0.15, 0.2) is 0 Å². The SMILES string of the molecule is Nc1nnc(CNC(=O)[C@@H]2CC[C@H](N)CN(C3CCOCC3)C2)s1. The van der Waals surface area contributed by atoms with Gasteiger partial charge in [0.2, 0.25) is 11.0 Å². The average molecular weight is 354 g/mol. The molecule has 0 aromatic carbocycles. The first-order valence-corrected chi connectivity index (χ1v) is 9.36. The van der Waals surface area contributed by atoms with Gasteiger partial charge in [-0.1, -0.05) is 11.3 Å². The van der Waals surface area contributed by atoms with Crippen LogP contribution in [0, 0.1) is 5.92 Å². The number of ether oxygens (including phenoxy) is 1. The van der Waals surface area contributed by atoms with E-state index in [-0.39, 0.29) is 17.9 Å². The van der Waals surface area contributed by atoms with Crippen molar-refractivity contribution in [2.45, 2.75) is 44.3 Å². The van der Waals surface area contributed by atoms with Gasteiger partial charge in [-0.25, -0.2) is 0 Å². The third-order valence-electron chi connectivity index (χ3n) is 4.78. The summed E-state index contributed by atoms with van der Waals surface area (Å²) in [6, 6.07) is 0.606. The highest BCUT2D eigenvalue weighted by Gasteiger charge is 2.31. The standard InChI is InChI=1S/C15H26N6O2S/c16-11-2-1-10(8-21(9-11)12-3-5-23-6-4-12)14(22)18-7-13-19-20-15(17)24-13/h10-12H,1-9,16H2,(H2,17,20)(H,18,22)/t10-,11+/m1/s1. The highest BCUT2D eigenvalue weighted by molar-refractivity contribution is 7.15. The van der Waals surface area contributed by atoms with E-state index in [2.05, 4.69) is 20.4 Å². The Labute approximate surface area is 145 Å². The van der Waals surface area contributed by atoms with Gasteiger partial charge < -0.3 is 21.5 Å². The van der Waals surface area contributed by atoms with Crippen molar-refractivity contribution >= 4 is 22.4 Å². The van der Waals surface area contributed by atoms with Crippen molar-refractivity contribution in [1.29, 1.82) is 0 Å². The van der Waals surface area contributed by atoms with Gasteiger partial charge in [0.25, 0.3) is 0 Å². The molecule has 1 aromatic rings. The highest BCUT2D eigenvalue weighted by Crippen LogP contribution is 2.23. The minimum absolute atomic E-state index is 0.0355. The van der Waals surface area contributed by atoms with Crippen LogP contribution in [0.2, 0.25) is 0 Å². The quantitative estimate of drug-likeness (QED) is 0.694. The number of aromatic nitrogens is 2. The smallest absolute Gasteiger partial charge is 0.224 e. The molecule has 0 unspecified atom stereocenters. The second-order valence-corrected chi connectivity index (χ2v) is 7.68. The molecule has 8 nitrogen and oxygen atoms in total. The maximum Gasteiger partial charge on any atom is 0.224 e. The Hall–Kier alpha value is -1.29. The molecule has 0 saturated carbocycles. The highest BCUT2D eigenvalue weighted by atomic mass is 32.1. The Morgan fingerprint density at radius 1 is 1.25 bits per heavy atom. The van der Waals surface area contributed by atoms with Gasteiger partial charge in [-0.15, -0.1) is 10.2 Å². The fraction of sp³-hybridized carbons (Fsp3) is 0.800. The van der Waals surface area contributed by atoms with E-state index in [1.165, 1.54) is 11.3 Å². The Morgan fingerprint density at radius 2 is 2.04 bits per heavy atom. The van der Waals surface area contributed by atoms with Gasteiger partial charge in [0.05, 0.1) is 12.5 Å². The molecule has 0 aliphatic carbocycles. The molecule has 1 aromatic heterocycles. The summed E-state index contributed by atoms with van der Waals surface area (Å²) in [4.78, 5) is 15.0. The molecule has 5 N–H and O–H groups in total. The minimum Gasteiger partial charge on any atom is -0.381 e. The summed E-state index contributed by atoms with van der Waals surface area (Å²) in [5, 5.41) is 11.8. The lowest BCUT2D eigenvalue weighted by molar-refractivity contribution is -0.126. The van der Waals surface area contributed by atoms with Crippen molar-refractivity contribution in [3.8, 4) is 0 Å². The van der Waals surface area contributed by atoms with E-state index >= 15 is 0 Å². The molecule has 9 heteroatoms. The first kappa shape index (κ1) is 17.5. The van der Waals surface area contributed by atoms with Crippen molar-refractivity contribution in [1.82, 2.24) is 20.4 Å². The van der Waals surface area contributed by atoms with Crippen LogP contribution in [-0.2, 0) is 16.1 Å². The van der Waals surface area contributed by atoms with Crippen LogP contribution in [-0.4, -0.2) is 59.4 Å². The number of amides is 1. The first-order valence-electron chi connectivity index (χ1n) is 8.54. The number of rotatable bonds is 4.